The van der Waals surface area contributed by atoms with Crippen LogP contribution in [0, 0.1) is 8.65 Å². The fourth-order valence-electron chi connectivity index (χ4n) is 3.39. The number of hydrogen-bond acceptors (Lipinski definition) is 0. The van der Waals surface area contributed by atoms with Crippen molar-refractivity contribution in [3.63, 3.8) is 0 Å². The minimum atomic E-state index is 0.850. The summed E-state index contributed by atoms with van der Waals surface area (Å²) in [5.41, 5.74) is 2.59. The Morgan fingerprint density at radius 1 is 0.724 bits per heavy atom. The van der Waals surface area contributed by atoms with Crippen LogP contribution in [0.15, 0.2) is 47.5 Å². The molecule has 4 nitrogen and oxygen atoms in total. The molecule has 0 saturated carbocycles. The van der Waals surface area contributed by atoms with Gasteiger partial charge in [0.15, 0.2) is 0 Å². The van der Waals surface area contributed by atoms with Crippen LogP contribution in [0.4, 0.5) is 0 Å². The third kappa shape index (κ3) is 5.65. The van der Waals surface area contributed by atoms with Crippen molar-refractivity contribution in [2.45, 2.75) is 65.7 Å². The molecule has 0 spiro atoms. The Kier molecular flexibility index (Phi) is 8.64. The standard InChI is InChI=1S/C22H29BrN4Se2/c1-3-5-10-24-12-14-26(21(24)28)16-18-8-7-9-19(20(18)23)17-27-15-13-25(22(27)29)11-6-4-2/h7-9,12-15H,3-6,10-11,16-17H2,1-2H3. The van der Waals surface area contributed by atoms with E-state index in [2.05, 4.69) is 122 Å². The summed E-state index contributed by atoms with van der Waals surface area (Å²) < 4.78 is 12.7. The van der Waals surface area contributed by atoms with Crippen molar-refractivity contribution < 1.29 is 0 Å². The van der Waals surface area contributed by atoms with E-state index < -0.39 is 0 Å². The molecule has 0 atom stereocenters. The van der Waals surface area contributed by atoms with E-state index in [1.807, 2.05) is 0 Å². The molecule has 0 radical (unpaired) electrons. The van der Waals surface area contributed by atoms with E-state index in [0.717, 1.165) is 26.2 Å². The number of imidazole rings is 2. The third-order valence-electron chi connectivity index (χ3n) is 5.18. The van der Waals surface area contributed by atoms with Crippen LogP contribution in [0.1, 0.15) is 50.7 Å². The molecule has 0 unspecified atom stereocenters. The zero-order chi connectivity index (χ0) is 20.8. The van der Waals surface area contributed by atoms with Crippen molar-refractivity contribution >= 4 is 47.1 Å². The molecule has 0 saturated heterocycles. The average Bonchev–Trinajstić information content (AvgIpc) is 3.24. The van der Waals surface area contributed by atoms with Crippen LogP contribution >= 0.6 is 15.9 Å². The predicted molar refractivity (Wildman–Crippen MR) is 125 cm³/mol. The van der Waals surface area contributed by atoms with Gasteiger partial charge in [-0.2, -0.15) is 0 Å². The van der Waals surface area contributed by atoms with E-state index in [1.165, 1.54) is 49.9 Å². The predicted octanol–water partition coefficient (Wildman–Crippen LogP) is 4.75. The molecule has 7 heteroatoms. The summed E-state index contributed by atoms with van der Waals surface area (Å²) in [5.74, 6) is 0. The molecule has 29 heavy (non-hydrogen) atoms. The minimum absolute atomic E-state index is 0.850. The topological polar surface area (TPSA) is 19.7 Å². The van der Waals surface area contributed by atoms with Gasteiger partial charge in [-0.05, 0) is 0 Å². The molecule has 0 N–H and O–H groups in total. The number of benzene rings is 1. The van der Waals surface area contributed by atoms with Gasteiger partial charge in [-0.15, -0.1) is 0 Å². The molecule has 3 rings (SSSR count). The van der Waals surface area contributed by atoms with Crippen LogP contribution in [0.2, 0.25) is 0 Å². The van der Waals surface area contributed by atoms with Crippen molar-refractivity contribution in [2.75, 3.05) is 0 Å². The number of hydrogen-bond donors (Lipinski definition) is 0. The fraction of sp³-hybridized carbons (Fsp3) is 0.455. The first-order chi connectivity index (χ1) is 14.0. The van der Waals surface area contributed by atoms with Crippen molar-refractivity contribution in [2.24, 2.45) is 0 Å². The van der Waals surface area contributed by atoms with Gasteiger partial charge in [0.05, 0.1) is 0 Å². The molecular formula is C22H29BrN4Se2. The normalized spacial score (nSPS) is 11.3. The summed E-state index contributed by atoms with van der Waals surface area (Å²) in [6.07, 6.45) is 13.5. The Bertz CT molecular complexity index is 977. The summed E-state index contributed by atoms with van der Waals surface area (Å²) in [6, 6.07) is 6.58. The quantitative estimate of drug-likeness (QED) is 0.306. The maximum atomic E-state index is 3.88. The summed E-state index contributed by atoms with van der Waals surface area (Å²) in [6.45, 7) is 8.29. The Hall–Kier alpha value is -0.841. The van der Waals surface area contributed by atoms with Gasteiger partial charge in [-0.1, -0.05) is 0 Å². The van der Waals surface area contributed by atoms with Gasteiger partial charge in [0.2, 0.25) is 0 Å². The van der Waals surface area contributed by atoms with Gasteiger partial charge in [0.25, 0.3) is 0 Å². The molecule has 0 aliphatic heterocycles. The van der Waals surface area contributed by atoms with Gasteiger partial charge >= 0.3 is 198 Å². The van der Waals surface area contributed by atoms with Gasteiger partial charge in [-0.25, -0.2) is 0 Å². The van der Waals surface area contributed by atoms with Crippen LogP contribution in [-0.2, 0) is 26.2 Å². The SMILES string of the molecule is CCCCn1ccn(Cc2cccc(Cn3ccn(CCCC)c3=[Se])c2Br)c1=[Se]. The summed E-state index contributed by atoms with van der Waals surface area (Å²) in [7, 11) is 0. The number of rotatable bonds is 10. The number of unbranched alkanes of at least 4 members (excludes halogenated alkanes) is 2. The van der Waals surface area contributed by atoms with E-state index in [4.69, 9.17) is 0 Å². The second-order valence-corrected chi connectivity index (χ2v) is 9.73. The monoisotopic (exact) mass is 588 g/mol. The number of halogens is 1. The molecule has 0 bridgehead atoms. The molecule has 156 valence electrons. The van der Waals surface area contributed by atoms with Crippen molar-refractivity contribution in [1.29, 1.82) is 0 Å². The third-order valence-corrected chi connectivity index (χ3v) is 8.17. The first-order valence-electron chi connectivity index (χ1n) is 10.3. The zero-order valence-electron chi connectivity index (χ0n) is 17.2. The van der Waals surface area contributed by atoms with E-state index in [0.29, 0.717) is 0 Å². The van der Waals surface area contributed by atoms with E-state index in [-0.39, 0.29) is 0 Å². The number of nitrogens with zero attached hydrogens (tertiary/aromatic N) is 4. The molecule has 3 aromatic rings. The van der Waals surface area contributed by atoms with E-state index >= 15 is 0 Å². The van der Waals surface area contributed by atoms with Crippen LogP contribution < -0.4 is 0 Å². The molecule has 0 fully saturated rings. The molecular weight excluding hydrogens is 558 g/mol. The van der Waals surface area contributed by atoms with E-state index in [9.17, 15) is 0 Å². The van der Waals surface area contributed by atoms with Crippen LogP contribution in [0.3, 0.4) is 0 Å². The number of aryl methyl sites for hydroxylation is 2. The van der Waals surface area contributed by atoms with Gasteiger partial charge in [0.1, 0.15) is 0 Å². The van der Waals surface area contributed by atoms with Gasteiger partial charge in [-0.3, -0.25) is 0 Å². The first kappa shape index (κ1) is 22.8. The summed E-state index contributed by atoms with van der Waals surface area (Å²) >= 11 is 10.4. The summed E-state index contributed by atoms with van der Waals surface area (Å²) in [5, 5.41) is 0. The molecule has 0 amide bonds. The van der Waals surface area contributed by atoms with Crippen molar-refractivity contribution in [1.82, 2.24) is 18.3 Å². The molecule has 1 aromatic carbocycles. The Morgan fingerprint density at radius 3 is 1.55 bits per heavy atom. The zero-order valence-corrected chi connectivity index (χ0v) is 22.2. The fourth-order valence-corrected chi connectivity index (χ4v) is 5.07. The summed E-state index contributed by atoms with van der Waals surface area (Å²) in [4.78, 5) is 0. The van der Waals surface area contributed by atoms with Crippen LogP contribution in [0.25, 0.3) is 0 Å². The average molecular weight is 587 g/mol. The molecule has 0 aliphatic carbocycles. The Balaban J connectivity index is 1.78. The Morgan fingerprint density at radius 2 is 1.14 bits per heavy atom. The van der Waals surface area contributed by atoms with Crippen LogP contribution in [0.5, 0.6) is 0 Å². The second-order valence-electron chi connectivity index (χ2n) is 7.40. The van der Waals surface area contributed by atoms with Crippen molar-refractivity contribution in [3.05, 3.63) is 67.2 Å². The van der Waals surface area contributed by atoms with Gasteiger partial charge < -0.3 is 0 Å². The second kappa shape index (κ2) is 11.0. The molecule has 2 heterocycles. The van der Waals surface area contributed by atoms with Gasteiger partial charge in [0, 0.05) is 0 Å². The number of aromatic nitrogens is 4. The Labute approximate surface area is 197 Å². The molecule has 2 aromatic heterocycles. The molecule has 0 aliphatic rings. The van der Waals surface area contributed by atoms with Crippen LogP contribution in [-0.4, -0.2) is 49.4 Å². The van der Waals surface area contributed by atoms with E-state index in [1.54, 1.807) is 0 Å². The van der Waals surface area contributed by atoms with Crippen molar-refractivity contribution in [3.8, 4) is 0 Å². The first-order valence-corrected chi connectivity index (χ1v) is 12.8. The maximum absolute atomic E-state index is 3.88.